The number of thiol groups is 1. The number of rotatable bonds is 5. The van der Waals surface area contributed by atoms with Crippen molar-refractivity contribution in [2.45, 2.75) is 51.9 Å². The van der Waals surface area contributed by atoms with E-state index in [1.807, 2.05) is 35.3 Å². The fraction of sp³-hybridized carbons (Fsp3) is 0.471. The summed E-state index contributed by atoms with van der Waals surface area (Å²) in [5.74, 6) is 0.826. The summed E-state index contributed by atoms with van der Waals surface area (Å²) in [5.41, 5.74) is 1.46. The number of nitrogens with zero attached hydrogens (tertiary/aromatic N) is 2. The zero-order valence-electron chi connectivity index (χ0n) is 16.0. The van der Waals surface area contributed by atoms with Crippen molar-refractivity contribution in [3.63, 3.8) is 0 Å². The topological polar surface area (TPSA) is 45.5 Å². The molecule has 0 unspecified atom stereocenters. The van der Waals surface area contributed by atoms with Crippen LogP contribution in [0.15, 0.2) is 36.7 Å². The maximum atomic E-state index is 6.07. The molecule has 0 spiro atoms. The number of hydrogen-bond acceptors (Lipinski definition) is 5. The van der Waals surface area contributed by atoms with Gasteiger partial charge < -0.3 is 0 Å². The molecule has 5 nitrogen and oxygen atoms in total. The molecule has 2 aromatic rings. The predicted molar refractivity (Wildman–Crippen MR) is 113 cm³/mol. The van der Waals surface area contributed by atoms with Crippen molar-refractivity contribution in [1.29, 1.82) is 0 Å². The molecule has 0 N–H and O–H groups in total. The van der Waals surface area contributed by atoms with Crippen LogP contribution in [-0.2, 0) is 33.3 Å². The molecule has 1 saturated heterocycles. The van der Waals surface area contributed by atoms with Crippen molar-refractivity contribution in [2.24, 2.45) is 0 Å². The summed E-state index contributed by atoms with van der Waals surface area (Å²) in [6, 6.07) is 8.03. The van der Waals surface area contributed by atoms with E-state index < -0.39 is 0 Å². The Balaban J connectivity index is 0.00000243. The van der Waals surface area contributed by atoms with E-state index in [4.69, 9.17) is 13.5 Å². The molecule has 0 bridgehead atoms. The molecule has 0 amide bonds. The Morgan fingerprint density at radius 3 is 2.58 bits per heavy atom. The monoisotopic (exact) mass is 584 g/mol. The van der Waals surface area contributed by atoms with Crippen LogP contribution in [0, 0.1) is 0 Å². The minimum atomic E-state index is -0.370. The third kappa shape index (κ3) is 5.04. The van der Waals surface area contributed by atoms with Crippen LogP contribution in [0.1, 0.15) is 33.3 Å². The molecule has 9 heteroatoms. The average molecular weight is 584 g/mol. The van der Waals surface area contributed by atoms with Crippen LogP contribution in [0.2, 0.25) is 0 Å². The van der Waals surface area contributed by atoms with Gasteiger partial charge >= 0.3 is 143 Å². The molecule has 139 valence electrons. The summed E-state index contributed by atoms with van der Waals surface area (Å²) >= 11 is 0.598. The maximum absolute atomic E-state index is 6.07. The van der Waals surface area contributed by atoms with E-state index in [0.717, 1.165) is 24.2 Å². The SMILES string of the molecule is CC1(C)OB(c2cnn(CCc3cccc(O[SH-]#P)c3)c2)OC1(C)C.[TlH2]. The third-order valence-corrected chi connectivity index (χ3v) is 5.39. The first kappa shape index (κ1) is 22.2. The second-order valence-corrected chi connectivity index (χ2v) is 8.03. The van der Waals surface area contributed by atoms with Crippen LogP contribution in [0.5, 0.6) is 5.75 Å². The van der Waals surface area contributed by atoms with Gasteiger partial charge in [-0.1, -0.05) is 0 Å². The zero-order chi connectivity index (χ0) is 18.1. The van der Waals surface area contributed by atoms with Crippen molar-refractivity contribution < 1.29 is 13.5 Å². The van der Waals surface area contributed by atoms with Crippen molar-refractivity contribution in [3.8, 4) is 5.75 Å². The predicted octanol–water partition coefficient (Wildman–Crippen LogP) is 1.94. The molecule has 0 atom stereocenters. The molecule has 0 saturated carbocycles. The van der Waals surface area contributed by atoms with E-state index in [2.05, 4.69) is 46.7 Å². The van der Waals surface area contributed by atoms with Gasteiger partial charge in [-0.2, -0.15) is 0 Å². The van der Waals surface area contributed by atoms with Gasteiger partial charge in [-0.05, 0) is 27.7 Å². The van der Waals surface area contributed by atoms with Crippen LogP contribution < -0.4 is 9.65 Å². The second kappa shape index (κ2) is 8.95. The Kier molecular flexibility index (Phi) is 7.64. The molecule has 1 aliphatic heterocycles. The van der Waals surface area contributed by atoms with Gasteiger partial charge in [0, 0.05) is 0 Å². The fourth-order valence-corrected chi connectivity index (χ4v) is 3.14. The van der Waals surface area contributed by atoms with Crippen LogP contribution in [0.4, 0.5) is 0 Å². The zero-order valence-corrected chi connectivity index (χ0v) is 25.5. The average Bonchev–Trinajstić information content (AvgIpc) is 3.09. The van der Waals surface area contributed by atoms with Gasteiger partial charge in [-0.25, -0.2) is 0 Å². The van der Waals surface area contributed by atoms with Gasteiger partial charge in [-0.3, -0.25) is 0 Å². The van der Waals surface area contributed by atoms with Gasteiger partial charge in [-0.15, -0.1) is 0 Å². The summed E-state index contributed by atoms with van der Waals surface area (Å²) in [5, 5.41) is 4.44. The van der Waals surface area contributed by atoms with E-state index in [0.29, 0.717) is 11.0 Å². The van der Waals surface area contributed by atoms with Crippen LogP contribution >= 0.6 is 7.81 Å². The molecule has 26 heavy (non-hydrogen) atoms. The number of aromatic nitrogens is 2. The molecule has 1 aromatic heterocycles. The van der Waals surface area contributed by atoms with Gasteiger partial charge in [0.15, 0.2) is 0 Å². The molecule has 3 rings (SSSR count). The normalized spacial score (nSPS) is 17.7. The Hall–Kier alpha value is -0.0830. The molecule has 2 heterocycles. The van der Waals surface area contributed by atoms with Crippen molar-refractivity contribution >= 4 is 58.7 Å². The number of hydrogen-bond donors (Lipinski definition) is 0. The first-order valence-electron chi connectivity index (χ1n) is 8.29. The molecule has 1 fully saturated rings. The fourth-order valence-electron chi connectivity index (χ4n) is 2.65. The summed E-state index contributed by atoms with van der Waals surface area (Å²) in [6.07, 6.45) is 4.68. The van der Waals surface area contributed by atoms with E-state index in [-0.39, 0.29) is 45.6 Å². The van der Waals surface area contributed by atoms with Crippen LogP contribution in [0.3, 0.4) is 0 Å². The summed E-state index contributed by atoms with van der Waals surface area (Å²) in [6.45, 7) is 8.99. The van der Waals surface area contributed by atoms with Crippen molar-refractivity contribution in [3.05, 3.63) is 42.2 Å². The number of aryl methyl sites for hydroxylation is 2. The summed E-state index contributed by atoms with van der Waals surface area (Å²) < 4.78 is 19.4. The van der Waals surface area contributed by atoms with E-state index in [1.165, 1.54) is 5.56 Å². The van der Waals surface area contributed by atoms with Crippen molar-refractivity contribution in [2.75, 3.05) is 0 Å². The summed E-state index contributed by atoms with van der Waals surface area (Å²) in [7, 11) is 3.69. The van der Waals surface area contributed by atoms with E-state index in [9.17, 15) is 0 Å². The van der Waals surface area contributed by atoms with E-state index in [1.54, 1.807) is 0 Å². The first-order valence-corrected chi connectivity index (χ1v) is 10.3. The molecular formula is C17H25BN2O3PSTl-. The molecule has 1 radical (unpaired) electrons. The minimum absolute atomic E-state index is 0. The Morgan fingerprint density at radius 2 is 1.92 bits per heavy atom. The molecule has 0 aliphatic carbocycles. The Morgan fingerprint density at radius 1 is 1.23 bits per heavy atom. The van der Waals surface area contributed by atoms with Crippen LogP contribution in [-0.4, -0.2) is 55.4 Å². The Bertz CT molecular complexity index is 793. The summed E-state index contributed by atoms with van der Waals surface area (Å²) in [4.78, 5) is 0. The molecule has 1 aliphatic rings. The Labute approximate surface area is 181 Å². The van der Waals surface area contributed by atoms with Crippen molar-refractivity contribution in [1.82, 2.24) is 9.78 Å². The standard InChI is InChI=1S/C17H23BN2O3PS.Tl.2H/c1-16(2)17(3,4)23-18(22-16)14-11-19-20(12-14)9-8-13-6-5-7-15(10-13)21-25-24;;;/h5-7,10-12,25H,8-9H2,1-4H3;;;/q-1;;;. The first-order chi connectivity index (χ1) is 11.8. The van der Waals surface area contributed by atoms with Gasteiger partial charge in [0.05, 0.1) is 11.2 Å². The number of benzene rings is 1. The van der Waals surface area contributed by atoms with Crippen LogP contribution in [0.25, 0.3) is 0 Å². The second-order valence-electron chi connectivity index (χ2n) is 7.20. The van der Waals surface area contributed by atoms with Gasteiger partial charge in [0.2, 0.25) is 0 Å². The molecule has 1 aromatic carbocycles. The quantitative estimate of drug-likeness (QED) is 0.234. The van der Waals surface area contributed by atoms with E-state index >= 15 is 0 Å². The van der Waals surface area contributed by atoms with Gasteiger partial charge in [0.1, 0.15) is 0 Å². The molecular weight excluding hydrogens is 558 g/mol. The third-order valence-electron chi connectivity index (χ3n) is 4.85. The van der Waals surface area contributed by atoms with Gasteiger partial charge in [0.25, 0.3) is 0 Å².